The second-order valence-electron chi connectivity index (χ2n) is 5.77. The largest absolute Gasteiger partial charge is 0.465 e. The van der Waals surface area contributed by atoms with Crippen LogP contribution < -0.4 is 10.6 Å². The van der Waals surface area contributed by atoms with Crippen molar-refractivity contribution in [2.45, 2.75) is 26.3 Å². The quantitative estimate of drug-likeness (QED) is 0.818. The molecule has 5 heteroatoms. The molecule has 0 fully saturated rings. The molecule has 0 saturated carbocycles. The van der Waals surface area contributed by atoms with Gasteiger partial charge in [0.05, 0.1) is 12.7 Å². The van der Waals surface area contributed by atoms with Crippen LogP contribution in [0.25, 0.3) is 0 Å². The van der Waals surface area contributed by atoms with Gasteiger partial charge in [-0.25, -0.2) is 9.59 Å². The SMILES string of the molecule is COC(=O)c1ccc(CNC(=O)Nc2ccc(C(C)C)cc2)cc1. The Morgan fingerprint density at radius 2 is 1.62 bits per heavy atom. The number of benzene rings is 2. The number of carbonyl (C=O) groups excluding carboxylic acids is 2. The number of amides is 2. The lowest BCUT2D eigenvalue weighted by molar-refractivity contribution is 0.0600. The van der Waals surface area contributed by atoms with Gasteiger partial charge < -0.3 is 15.4 Å². The Bertz CT molecular complexity index is 692. The summed E-state index contributed by atoms with van der Waals surface area (Å²) in [7, 11) is 1.34. The van der Waals surface area contributed by atoms with Crippen LogP contribution >= 0.6 is 0 Å². The molecule has 0 aliphatic rings. The van der Waals surface area contributed by atoms with Crippen LogP contribution in [0, 0.1) is 0 Å². The zero-order valence-corrected chi connectivity index (χ0v) is 14.1. The van der Waals surface area contributed by atoms with Crippen LogP contribution in [0.15, 0.2) is 48.5 Å². The van der Waals surface area contributed by atoms with Crippen LogP contribution in [0.3, 0.4) is 0 Å². The molecular weight excluding hydrogens is 304 g/mol. The van der Waals surface area contributed by atoms with E-state index in [1.54, 1.807) is 24.3 Å². The monoisotopic (exact) mass is 326 g/mol. The zero-order chi connectivity index (χ0) is 17.5. The highest BCUT2D eigenvalue weighted by molar-refractivity contribution is 5.90. The second-order valence-corrected chi connectivity index (χ2v) is 5.77. The lowest BCUT2D eigenvalue weighted by Gasteiger charge is -2.10. The van der Waals surface area contributed by atoms with Crippen LogP contribution in [-0.2, 0) is 11.3 Å². The third-order valence-corrected chi connectivity index (χ3v) is 3.66. The van der Waals surface area contributed by atoms with E-state index in [2.05, 4.69) is 29.2 Å². The van der Waals surface area contributed by atoms with Gasteiger partial charge in [0.1, 0.15) is 0 Å². The molecule has 0 unspecified atom stereocenters. The third kappa shape index (κ3) is 4.84. The van der Waals surface area contributed by atoms with E-state index in [9.17, 15) is 9.59 Å². The minimum Gasteiger partial charge on any atom is -0.465 e. The third-order valence-electron chi connectivity index (χ3n) is 3.66. The maximum atomic E-state index is 11.9. The van der Waals surface area contributed by atoms with Gasteiger partial charge in [0.15, 0.2) is 0 Å². The Morgan fingerprint density at radius 1 is 1.00 bits per heavy atom. The summed E-state index contributed by atoms with van der Waals surface area (Å²) in [5, 5.41) is 5.57. The lowest BCUT2D eigenvalue weighted by Crippen LogP contribution is -2.28. The average molecular weight is 326 g/mol. The Kier molecular flexibility index (Phi) is 5.95. The average Bonchev–Trinajstić information content (AvgIpc) is 2.60. The predicted molar refractivity (Wildman–Crippen MR) is 94.2 cm³/mol. The van der Waals surface area contributed by atoms with E-state index < -0.39 is 0 Å². The molecule has 2 amide bonds. The van der Waals surface area contributed by atoms with E-state index in [1.807, 2.05) is 24.3 Å². The first-order valence-electron chi connectivity index (χ1n) is 7.81. The van der Waals surface area contributed by atoms with Crippen molar-refractivity contribution in [2.75, 3.05) is 12.4 Å². The summed E-state index contributed by atoms with van der Waals surface area (Å²) in [5.41, 5.74) is 3.36. The molecule has 2 N–H and O–H groups in total. The molecule has 0 aliphatic carbocycles. The number of esters is 1. The van der Waals surface area contributed by atoms with Gasteiger partial charge in [-0.2, -0.15) is 0 Å². The number of nitrogens with one attached hydrogen (secondary N) is 2. The van der Waals surface area contributed by atoms with Crippen LogP contribution in [-0.4, -0.2) is 19.1 Å². The predicted octanol–water partition coefficient (Wildman–Crippen LogP) is 3.92. The van der Waals surface area contributed by atoms with Gasteiger partial charge in [0.2, 0.25) is 0 Å². The molecule has 0 aromatic heterocycles. The first kappa shape index (κ1) is 17.5. The molecule has 0 atom stereocenters. The number of ether oxygens (including phenoxy) is 1. The van der Waals surface area contributed by atoms with Gasteiger partial charge in [-0.3, -0.25) is 0 Å². The van der Waals surface area contributed by atoms with Crippen molar-refractivity contribution >= 4 is 17.7 Å². The molecular formula is C19H22N2O3. The molecule has 2 rings (SSSR count). The Morgan fingerprint density at radius 3 is 2.17 bits per heavy atom. The number of urea groups is 1. The molecule has 0 aliphatic heterocycles. The number of methoxy groups -OCH3 is 1. The molecule has 2 aromatic rings. The van der Waals surface area contributed by atoms with Crippen LogP contribution in [0.2, 0.25) is 0 Å². The summed E-state index contributed by atoms with van der Waals surface area (Å²) in [6.07, 6.45) is 0. The summed E-state index contributed by atoms with van der Waals surface area (Å²) in [6, 6.07) is 14.4. The Labute approximate surface area is 142 Å². The number of rotatable bonds is 5. The van der Waals surface area contributed by atoms with Crippen molar-refractivity contribution in [3.63, 3.8) is 0 Å². The molecule has 2 aromatic carbocycles. The summed E-state index contributed by atoms with van der Waals surface area (Å²) in [6.45, 7) is 4.62. The maximum Gasteiger partial charge on any atom is 0.337 e. The van der Waals surface area contributed by atoms with Gasteiger partial charge in [0, 0.05) is 12.2 Å². The fourth-order valence-corrected chi connectivity index (χ4v) is 2.19. The molecule has 0 heterocycles. The van der Waals surface area contributed by atoms with Crippen molar-refractivity contribution in [2.24, 2.45) is 0 Å². The van der Waals surface area contributed by atoms with E-state index in [4.69, 9.17) is 0 Å². The first-order valence-corrected chi connectivity index (χ1v) is 7.81. The van der Waals surface area contributed by atoms with Crippen molar-refractivity contribution in [1.29, 1.82) is 0 Å². The van der Waals surface area contributed by atoms with Crippen LogP contribution in [0.5, 0.6) is 0 Å². The number of anilines is 1. The summed E-state index contributed by atoms with van der Waals surface area (Å²) < 4.78 is 4.65. The van der Waals surface area contributed by atoms with Gasteiger partial charge in [-0.15, -0.1) is 0 Å². The van der Waals surface area contributed by atoms with Gasteiger partial charge in [-0.1, -0.05) is 38.1 Å². The van der Waals surface area contributed by atoms with E-state index in [0.717, 1.165) is 11.3 Å². The lowest BCUT2D eigenvalue weighted by atomic mass is 10.0. The topological polar surface area (TPSA) is 67.4 Å². The van der Waals surface area contributed by atoms with Crippen molar-refractivity contribution in [3.05, 3.63) is 65.2 Å². The smallest absolute Gasteiger partial charge is 0.337 e. The standard InChI is InChI=1S/C19H22N2O3/c1-13(2)15-8-10-17(11-9-15)21-19(23)20-12-14-4-6-16(7-5-14)18(22)24-3/h4-11,13H,12H2,1-3H3,(H2,20,21,23). The Hall–Kier alpha value is -2.82. The van der Waals surface area contributed by atoms with Crippen molar-refractivity contribution in [1.82, 2.24) is 5.32 Å². The molecule has 0 saturated heterocycles. The van der Waals surface area contributed by atoms with Gasteiger partial charge in [0.25, 0.3) is 0 Å². The molecule has 0 bridgehead atoms. The fourth-order valence-electron chi connectivity index (χ4n) is 2.19. The molecule has 5 nitrogen and oxygen atoms in total. The first-order chi connectivity index (χ1) is 11.5. The normalized spacial score (nSPS) is 10.3. The van der Waals surface area contributed by atoms with Crippen molar-refractivity contribution < 1.29 is 14.3 Å². The highest BCUT2D eigenvalue weighted by Gasteiger charge is 2.06. The molecule has 24 heavy (non-hydrogen) atoms. The van der Waals surface area contributed by atoms with Gasteiger partial charge in [-0.05, 0) is 41.3 Å². The number of carbonyl (C=O) groups is 2. The van der Waals surface area contributed by atoms with Gasteiger partial charge >= 0.3 is 12.0 Å². The Balaban J connectivity index is 1.85. The number of hydrogen-bond donors (Lipinski definition) is 2. The minimum absolute atomic E-state index is 0.274. The second kappa shape index (κ2) is 8.15. The van der Waals surface area contributed by atoms with Crippen LogP contribution in [0.4, 0.5) is 10.5 Å². The highest BCUT2D eigenvalue weighted by atomic mass is 16.5. The molecule has 126 valence electrons. The van der Waals surface area contributed by atoms with Crippen molar-refractivity contribution in [3.8, 4) is 0 Å². The van der Waals surface area contributed by atoms with E-state index in [0.29, 0.717) is 18.0 Å². The van der Waals surface area contributed by atoms with E-state index in [-0.39, 0.29) is 12.0 Å². The zero-order valence-electron chi connectivity index (χ0n) is 14.1. The summed E-state index contributed by atoms with van der Waals surface area (Å²) >= 11 is 0. The van der Waals surface area contributed by atoms with E-state index in [1.165, 1.54) is 12.7 Å². The fraction of sp³-hybridized carbons (Fsp3) is 0.263. The summed E-state index contributed by atoms with van der Waals surface area (Å²) in [5.74, 6) is 0.0814. The summed E-state index contributed by atoms with van der Waals surface area (Å²) in [4.78, 5) is 23.3. The maximum absolute atomic E-state index is 11.9. The minimum atomic E-state index is -0.378. The molecule has 0 spiro atoms. The highest BCUT2D eigenvalue weighted by Crippen LogP contribution is 2.17. The molecule has 0 radical (unpaired) electrons. The number of hydrogen-bond acceptors (Lipinski definition) is 3. The van der Waals surface area contributed by atoms with E-state index >= 15 is 0 Å². The van der Waals surface area contributed by atoms with Crippen LogP contribution in [0.1, 0.15) is 41.3 Å².